The number of aromatic carboxylic acids is 1. The summed E-state index contributed by atoms with van der Waals surface area (Å²) in [5.74, 6) is -1.68. The van der Waals surface area contributed by atoms with Crippen LogP contribution in [0.25, 0.3) is 17.1 Å². The Hall–Kier alpha value is -8.33. The Morgan fingerprint density at radius 2 is 1.23 bits per heavy atom. The van der Waals surface area contributed by atoms with Crippen molar-refractivity contribution in [3.05, 3.63) is 164 Å². The zero-order chi connectivity index (χ0) is 42.7. The number of ether oxygens (including phenoxy) is 2. The number of para-hydroxylation sites is 3. The molecule has 18 heteroatoms. The fraction of sp³-hybridized carbons (Fsp3) is 0.167. The number of hydrogen-bond acceptors (Lipinski definition) is 12. The number of rotatable bonds is 9. The molecule has 0 aliphatic carbocycles. The van der Waals surface area contributed by atoms with Crippen molar-refractivity contribution in [2.24, 2.45) is 5.92 Å². The third-order valence-corrected chi connectivity index (χ3v) is 8.64. The maximum absolute atomic E-state index is 12.1. The van der Waals surface area contributed by atoms with Gasteiger partial charge in [0, 0.05) is 55.3 Å². The van der Waals surface area contributed by atoms with Crippen LogP contribution in [-0.2, 0) is 9.47 Å². The second-order valence-electron chi connectivity index (χ2n) is 12.7. The summed E-state index contributed by atoms with van der Waals surface area (Å²) in [6.45, 7) is 2.07. The molecule has 1 aliphatic heterocycles. The highest BCUT2D eigenvalue weighted by Crippen LogP contribution is 2.15. The lowest BCUT2D eigenvalue weighted by atomic mass is 10.1. The number of benzene rings is 3. The molecule has 5 heterocycles. The van der Waals surface area contributed by atoms with Crippen LogP contribution in [-0.4, -0.2) is 106 Å². The van der Waals surface area contributed by atoms with Gasteiger partial charge in [-0.05, 0) is 48.7 Å². The number of nitriles is 1. The number of likely N-dealkylation sites (tertiary alicyclic amines) is 1. The summed E-state index contributed by atoms with van der Waals surface area (Å²) < 4.78 is 14.2. The predicted molar refractivity (Wildman–Crippen MR) is 217 cm³/mol. The lowest BCUT2D eigenvalue weighted by Crippen LogP contribution is -2.30. The molecule has 3 N–H and O–H groups in total. The molecule has 18 nitrogen and oxygen atoms in total. The molecular weight excluding hydrogens is 771 g/mol. The van der Waals surface area contributed by atoms with Gasteiger partial charge in [0.25, 0.3) is 5.91 Å². The van der Waals surface area contributed by atoms with Crippen LogP contribution < -0.4 is 5.32 Å². The number of amides is 1. The number of nitrogens with one attached hydrogen (secondary N) is 2. The van der Waals surface area contributed by atoms with Crippen LogP contribution in [0.2, 0.25) is 0 Å². The number of esters is 2. The predicted octanol–water partition coefficient (Wildman–Crippen LogP) is 4.83. The van der Waals surface area contributed by atoms with E-state index in [0.29, 0.717) is 29.5 Å². The summed E-state index contributed by atoms with van der Waals surface area (Å²) in [5, 5.41) is 20.4. The van der Waals surface area contributed by atoms with Gasteiger partial charge in [0.15, 0.2) is 17.6 Å². The molecule has 0 spiro atoms. The van der Waals surface area contributed by atoms with Gasteiger partial charge in [-0.3, -0.25) is 4.79 Å². The summed E-state index contributed by atoms with van der Waals surface area (Å²) >= 11 is 0. The minimum Gasteiger partial charge on any atom is -0.476 e. The molecule has 0 saturated carbocycles. The highest BCUT2D eigenvalue weighted by Gasteiger charge is 2.22. The summed E-state index contributed by atoms with van der Waals surface area (Å²) in [7, 11) is 2.66. The summed E-state index contributed by atoms with van der Waals surface area (Å²) in [4.78, 5) is 64.3. The van der Waals surface area contributed by atoms with E-state index >= 15 is 0 Å². The lowest BCUT2D eigenvalue weighted by Gasteiger charge is -2.10. The summed E-state index contributed by atoms with van der Waals surface area (Å²) in [6, 6.07) is 28.8. The van der Waals surface area contributed by atoms with E-state index < -0.39 is 17.9 Å². The number of aromatic nitrogens is 8. The summed E-state index contributed by atoms with van der Waals surface area (Å²) in [5.41, 5.74) is 3.95. The SMILES string of the molecule is COC(=O)c1cn(-c2ccccc2)cn1.COC(=O)c1cnc[nH]1.N#CN1CC[C@H](CNC(=O)c2cn(-c3ccccc3)cn2)C1.O=C(O)c1cn(-c2ccccc2)cn1. The zero-order valence-electron chi connectivity index (χ0n) is 32.6. The first-order valence-corrected chi connectivity index (χ1v) is 18.3. The molecule has 4 aromatic heterocycles. The van der Waals surface area contributed by atoms with Gasteiger partial charge in [0.2, 0.25) is 0 Å². The minimum atomic E-state index is -1.01. The van der Waals surface area contributed by atoms with E-state index in [1.165, 1.54) is 39.3 Å². The van der Waals surface area contributed by atoms with Gasteiger partial charge in [-0.25, -0.2) is 34.3 Å². The van der Waals surface area contributed by atoms with Crippen LogP contribution in [0.1, 0.15) is 48.4 Å². The number of imidazole rings is 4. The molecular formula is C42H41N11O7. The van der Waals surface area contributed by atoms with Gasteiger partial charge in [-0.2, -0.15) is 5.26 Å². The molecule has 1 saturated heterocycles. The third kappa shape index (κ3) is 12.3. The molecule has 0 bridgehead atoms. The topological polar surface area (TPSA) is 228 Å². The number of carbonyl (C=O) groups is 4. The van der Waals surface area contributed by atoms with Crippen LogP contribution in [0.5, 0.6) is 0 Å². The second kappa shape index (κ2) is 21.8. The normalized spacial score (nSPS) is 12.5. The Bertz CT molecular complexity index is 2460. The number of H-pyrrole nitrogens is 1. The number of carboxylic acids is 1. The first-order valence-electron chi connectivity index (χ1n) is 18.3. The van der Waals surface area contributed by atoms with Crippen LogP contribution in [0.4, 0.5) is 0 Å². The van der Waals surface area contributed by atoms with Crippen molar-refractivity contribution in [2.75, 3.05) is 33.9 Å². The van der Waals surface area contributed by atoms with Gasteiger partial charge in [0.1, 0.15) is 30.4 Å². The highest BCUT2D eigenvalue weighted by atomic mass is 16.5. The maximum atomic E-state index is 12.1. The van der Waals surface area contributed by atoms with E-state index in [9.17, 15) is 19.2 Å². The minimum absolute atomic E-state index is 0.0499. The number of hydrogen-bond donors (Lipinski definition) is 3. The van der Waals surface area contributed by atoms with E-state index in [1.54, 1.807) is 39.1 Å². The van der Waals surface area contributed by atoms with E-state index in [2.05, 4.69) is 45.9 Å². The van der Waals surface area contributed by atoms with Gasteiger partial charge >= 0.3 is 17.9 Å². The first-order chi connectivity index (χ1) is 29.2. The molecule has 1 aliphatic rings. The molecule has 1 atom stereocenters. The maximum Gasteiger partial charge on any atom is 0.358 e. The molecule has 1 fully saturated rings. The Morgan fingerprint density at radius 3 is 1.67 bits per heavy atom. The average molecular weight is 812 g/mol. The second-order valence-corrected chi connectivity index (χ2v) is 12.7. The zero-order valence-corrected chi connectivity index (χ0v) is 32.6. The van der Waals surface area contributed by atoms with Crippen molar-refractivity contribution in [3.63, 3.8) is 0 Å². The van der Waals surface area contributed by atoms with E-state index in [-0.39, 0.29) is 11.6 Å². The van der Waals surface area contributed by atoms with Gasteiger partial charge in [-0.15, -0.1) is 0 Å². The molecule has 0 unspecified atom stereocenters. The molecule has 306 valence electrons. The molecule has 7 aromatic rings. The van der Waals surface area contributed by atoms with E-state index in [1.807, 2.05) is 95.6 Å². The van der Waals surface area contributed by atoms with E-state index in [4.69, 9.17) is 10.4 Å². The van der Waals surface area contributed by atoms with Crippen molar-refractivity contribution < 1.29 is 33.8 Å². The Balaban J connectivity index is 0.000000159. The van der Waals surface area contributed by atoms with Crippen molar-refractivity contribution in [1.82, 2.24) is 48.8 Å². The fourth-order valence-electron chi connectivity index (χ4n) is 5.53. The highest BCUT2D eigenvalue weighted by molar-refractivity contribution is 5.92. The van der Waals surface area contributed by atoms with Crippen molar-refractivity contribution in [3.8, 4) is 23.3 Å². The third-order valence-electron chi connectivity index (χ3n) is 8.64. The molecule has 0 radical (unpaired) electrons. The van der Waals surface area contributed by atoms with Crippen LogP contribution in [0, 0.1) is 17.4 Å². The first kappa shape index (κ1) is 42.8. The van der Waals surface area contributed by atoms with Gasteiger partial charge in [-0.1, -0.05) is 54.6 Å². The Labute approximate surface area is 344 Å². The average Bonchev–Trinajstić information content (AvgIpc) is 4.16. The standard InChI is InChI=1S/C16H17N5O.C11H10N2O2.C10H8N2O2.C5H6N2O2/c17-11-20-7-6-13(9-20)8-18-16(22)15-10-21(12-19-15)14-4-2-1-3-5-14;1-15-11(14)10-7-13(8-12-10)9-5-3-2-4-6-9;13-10(14)9-6-12(7-11-9)8-4-2-1-3-5-8;1-9-5(8)4-2-6-3-7-4/h1-5,10,12-13H,6-9H2,(H,18,22);2-8H,1H3;1-7H,(H,13,14);2-3H,1H3,(H,6,7)/t13-;;;/m1.../s1. The number of carboxylic acid groups (broad SMARTS) is 1. The monoisotopic (exact) mass is 811 g/mol. The fourth-order valence-corrected chi connectivity index (χ4v) is 5.53. The van der Waals surface area contributed by atoms with Crippen molar-refractivity contribution >= 4 is 23.8 Å². The largest absolute Gasteiger partial charge is 0.476 e. The number of methoxy groups -OCH3 is 2. The molecule has 3 aromatic carbocycles. The lowest BCUT2D eigenvalue weighted by molar-refractivity contribution is 0.0586. The van der Waals surface area contributed by atoms with Crippen molar-refractivity contribution in [2.45, 2.75) is 6.42 Å². The van der Waals surface area contributed by atoms with Crippen molar-refractivity contribution in [1.29, 1.82) is 5.26 Å². The van der Waals surface area contributed by atoms with Crippen LogP contribution >= 0.6 is 0 Å². The molecule has 8 rings (SSSR count). The van der Waals surface area contributed by atoms with E-state index in [0.717, 1.165) is 36.6 Å². The molecule has 60 heavy (non-hydrogen) atoms. The smallest absolute Gasteiger partial charge is 0.358 e. The van der Waals surface area contributed by atoms with Gasteiger partial charge in [0.05, 0.1) is 26.7 Å². The number of nitrogens with zero attached hydrogens (tertiary/aromatic N) is 9. The van der Waals surface area contributed by atoms with Crippen LogP contribution in [0.3, 0.4) is 0 Å². The van der Waals surface area contributed by atoms with Gasteiger partial charge < -0.3 is 43.5 Å². The molecule has 1 amide bonds. The Morgan fingerprint density at radius 1 is 0.750 bits per heavy atom. The number of aromatic amines is 1. The summed E-state index contributed by atoms with van der Waals surface area (Å²) in [6.07, 6.45) is 15.5. The number of carbonyl (C=O) groups excluding carboxylic acids is 3. The Kier molecular flexibility index (Phi) is 15.6. The quantitative estimate of drug-likeness (QED) is 0.131. The van der Waals surface area contributed by atoms with Crippen LogP contribution in [0.15, 0.2) is 141 Å².